The molecular weight excluding hydrogens is 164 g/mol. The van der Waals surface area contributed by atoms with E-state index in [2.05, 4.69) is 24.6 Å². The Kier molecular flexibility index (Phi) is 2.25. The molecule has 13 heavy (non-hydrogen) atoms. The molecule has 72 valence electrons. The Morgan fingerprint density at radius 2 is 2.23 bits per heavy atom. The summed E-state index contributed by atoms with van der Waals surface area (Å²) in [4.78, 5) is 5.24. The molecule has 0 radical (unpaired) electrons. The zero-order valence-corrected chi connectivity index (χ0v) is 8.42. The predicted octanol–water partition coefficient (Wildman–Crippen LogP) is 1.68. The Balaban J connectivity index is 2.07. The van der Waals surface area contributed by atoms with Crippen LogP contribution in [0.3, 0.4) is 0 Å². The van der Waals surface area contributed by atoms with Crippen molar-refractivity contribution in [3.05, 3.63) is 12.0 Å². The Morgan fingerprint density at radius 1 is 1.38 bits per heavy atom. The minimum Gasteiger partial charge on any atom is -0.241 e. The SMILES string of the molecule is CCCC[n+]1cc2n(c1CCC)O2. The molecule has 0 spiro atoms. The zero-order chi connectivity index (χ0) is 9.26. The molecule has 1 aliphatic heterocycles. The second-order valence-electron chi connectivity index (χ2n) is 3.57. The van der Waals surface area contributed by atoms with Gasteiger partial charge in [0.25, 0.3) is 0 Å². The van der Waals surface area contributed by atoms with Crippen molar-refractivity contribution >= 4 is 0 Å². The zero-order valence-electron chi connectivity index (χ0n) is 8.42. The first-order valence-corrected chi connectivity index (χ1v) is 5.19. The van der Waals surface area contributed by atoms with Crippen molar-refractivity contribution in [2.24, 2.45) is 0 Å². The second kappa shape index (κ2) is 3.40. The highest BCUT2D eigenvalue weighted by molar-refractivity contribution is 5.14. The molecule has 2 rings (SSSR count). The fourth-order valence-corrected chi connectivity index (χ4v) is 1.64. The Hall–Kier alpha value is -0.990. The van der Waals surface area contributed by atoms with Crippen molar-refractivity contribution in [3.63, 3.8) is 0 Å². The average Bonchev–Trinajstić information content (AvgIpc) is 2.82. The lowest BCUT2D eigenvalue weighted by molar-refractivity contribution is -0.706. The molecule has 2 heterocycles. The van der Waals surface area contributed by atoms with Crippen LogP contribution >= 0.6 is 0 Å². The van der Waals surface area contributed by atoms with E-state index in [0.29, 0.717) is 0 Å². The summed E-state index contributed by atoms with van der Waals surface area (Å²) in [5.74, 6) is 2.35. The molecule has 1 aromatic heterocycles. The van der Waals surface area contributed by atoms with Gasteiger partial charge in [-0.15, -0.1) is 0 Å². The predicted molar refractivity (Wildman–Crippen MR) is 49.6 cm³/mol. The van der Waals surface area contributed by atoms with Crippen LogP contribution in [0.4, 0.5) is 0 Å². The summed E-state index contributed by atoms with van der Waals surface area (Å²) in [6.45, 7) is 5.56. The molecule has 0 saturated heterocycles. The van der Waals surface area contributed by atoms with Crippen LogP contribution in [-0.2, 0) is 13.0 Å². The van der Waals surface area contributed by atoms with Crippen molar-refractivity contribution < 1.29 is 9.40 Å². The Morgan fingerprint density at radius 3 is 2.92 bits per heavy atom. The molecule has 0 unspecified atom stereocenters. The van der Waals surface area contributed by atoms with Crippen molar-refractivity contribution in [2.45, 2.75) is 46.1 Å². The van der Waals surface area contributed by atoms with Crippen LogP contribution in [0, 0.1) is 0 Å². The summed E-state index contributed by atoms with van der Waals surface area (Å²) < 4.78 is 4.27. The van der Waals surface area contributed by atoms with Gasteiger partial charge in [-0.25, -0.2) is 9.40 Å². The van der Waals surface area contributed by atoms with Crippen LogP contribution in [-0.4, -0.2) is 4.73 Å². The molecule has 0 atom stereocenters. The first-order valence-electron chi connectivity index (χ1n) is 5.19. The van der Waals surface area contributed by atoms with Crippen molar-refractivity contribution in [1.29, 1.82) is 0 Å². The number of nitrogens with zero attached hydrogens (tertiary/aromatic N) is 2. The molecule has 0 N–H and O–H groups in total. The number of aryl methyl sites for hydroxylation is 1. The van der Waals surface area contributed by atoms with Crippen molar-refractivity contribution in [2.75, 3.05) is 0 Å². The van der Waals surface area contributed by atoms with Crippen molar-refractivity contribution in [3.8, 4) is 5.88 Å². The van der Waals surface area contributed by atoms with Gasteiger partial charge in [0.1, 0.15) is 0 Å². The highest BCUT2D eigenvalue weighted by Crippen LogP contribution is 2.25. The molecule has 0 bridgehead atoms. The fourth-order valence-electron chi connectivity index (χ4n) is 1.64. The van der Waals surface area contributed by atoms with E-state index in [1.165, 1.54) is 25.1 Å². The lowest BCUT2D eigenvalue weighted by atomic mass is 10.3. The Labute approximate surface area is 78.9 Å². The van der Waals surface area contributed by atoms with Crippen LogP contribution in [0.25, 0.3) is 0 Å². The van der Waals surface area contributed by atoms with E-state index in [1.54, 1.807) is 0 Å². The summed E-state index contributed by atoms with van der Waals surface area (Å²) >= 11 is 0. The second-order valence-corrected chi connectivity index (χ2v) is 3.57. The van der Waals surface area contributed by atoms with Gasteiger partial charge in [-0.05, 0) is 12.8 Å². The smallest absolute Gasteiger partial charge is 0.241 e. The minimum absolute atomic E-state index is 1.03. The number of aromatic nitrogens is 2. The summed E-state index contributed by atoms with van der Waals surface area (Å²) in [6, 6.07) is 0. The molecule has 0 aromatic carbocycles. The van der Waals surface area contributed by atoms with Gasteiger partial charge in [0.05, 0.1) is 13.0 Å². The average molecular weight is 181 g/mol. The maximum atomic E-state index is 5.24. The monoisotopic (exact) mass is 181 g/mol. The highest BCUT2D eigenvalue weighted by atomic mass is 16.8. The maximum Gasteiger partial charge on any atom is 0.415 e. The Bertz CT molecular complexity index is 304. The van der Waals surface area contributed by atoms with Gasteiger partial charge in [0, 0.05) is 4.73 Å². The van der Waals surface area contributed by atoms with E-state index in [1.807, 2.05) is 4.73 Å². The lowest BCUT2D eigenvalue weighted by Gasteiger charge is -1.98. The summed E-state index contributed by atoms with van der Waals surface area (Å²) in [6.07, 6.45) is 6.91. The topological polar surface area (TPSA) is 21.3 Å². The van der Waals surface area contributed by atoms with E-state index in [9.17, 15) is 0 Å². The largest absolute Gasteiger partial charge is 0.415 e. The van der Waals surface area contributed by atoms with Crippen LogP contribution in [0.15, 0.2) is 6.20 Å². The van der Waals surface area contributed by atoms with Crippen LogP contribution in [0.2, 0.25) is 0 Å². The third kappa shape index (κ3) is 1.55. The molecule has 0 fully saturated rings. The number of unbranched alkanes of at least 4 members (excludes halogenated alkanes) is 1. The first-order chi connectivity index (χ1) is 6.36. The fraction of sp³-hybridized carbons (Fsp3) is 0.700. The summed E-state index contributed by atoms with van der Waals surface area (Å²) in [7, 11) is 0. The molecule has 0 aliphatic carbocycles. The van der Waals surface area contributed by atoms with E-state index in [-0.39, 0.29) is 0 Å². The molecule has 1 aliphatic rings. The van der Waals surface area contributed by atoms with Crippen LogP contribution in [0.1, 0.15) is 38.9 Å². The number of hydrogen-bond donors (Lipinski definition) is 0. The standard InChI is InChI=1S/C10H17N2O/c1-3-5-7-11-8-10-12(13-10)9(11)6-4-2/h8H,3-7H2,1-2H3/q+1. The molecule has 1 aromatic rings. The van der Waals surface area contributed by atoms with E-state index < -0.39 is 0 Å². The molecule has 3 heteroatoms. The molecule has 0 amide bonds. The van der Waals surface area contributed by atoms with Gasteiger partial charge < -0.3 is 0 Å². The van der Waals surface area contributed by atoms with Crippen molar-refractivity contribution in [1.82, 2.24) is 4.73 Å². The third-order valence-corrected chi connectivity index (χ3v) is 2.41. The summed E-state index contributed by atoms with van der Waals surface area (Å²) in [5.41, 5.74) is 0. The lowest BCUT2D eigenvalue weighted by Crippen LogP contribution is -2.37. The van der Waals surface area contributed by atoms with Gasteiger partial charge in [0.15, 0.2) is 6.20 Å². The van der Waals surface area contributed by atoms with Gasteiger partial charge in [0.2, 0.25) is 0 Å². The third-order valence-electron chi connectivity index (χ3n) is 2.41. The maximum absolute atomic E-state index is 5.24. The normalized spacial score (nSPS) is 12.5. The van der Waals surface area contributed by atoms with Gasteiger partial charge in [-0.1, -0.05) is 20.3 Å². The molecular formula is C10H17N2O+. The van der Waals surface area contributed by atoms with E-state index in [4.69, 9.17) is 4.84 Å². The van der Waals surface area contributed by atoms with Gasteiger partial charge in [-0.2, -0.15) is 0 Å². The minimum atomic E-state index is 1.03. The number of rotatable bonds is 5. The van der Waals surface area contributed by atoms with Crippen LogP contribution in [0.5, 0.6) is 5.88 Å². The molecule has 0 saturated carbocycles. The highest BCUT2D eigenvalue weighted by Gasteiger charge is 2.38. The first kappa shape index (κ1) is 8.60. The van der Waals surface area contributed by atoms with Crippen LogP contribution < -0.4 is 9.40 Å². The summed E-state index contributed by atoms with van der Waals surface area (Å²) in [5, 5.41) is 0. The quantitative estimate of drug-likeness (QED) is 0.508. The number of imidazole rings is 1. The van der Waals surface area contributed by atoms with E-state index >= 15 is 0 Å². The van der Waals surface area contributed by atoms with Gasteiger partial charge >= 0.3 is 11.7 Å². The number of fused-ring (bicyclic) bond motifs is 1. The molecule has 3 nitrogen and oxygen atoms in total. The van der Waals surface area contributed by atoms with Gasteiger partial charge in [-0.3, -0.25) is 0 Å². The number of hydrogen-bond acceptors (Lipinski definition) is 1. The van der Waals surface area contributed by atoms with E-state index in [0.717, 1.165) is 18.8 Å².